The third-order valence-corrected chi connectivity index (χ3v) is 3.95. The number of rotatable bonds is 4. The zero-order valence-corrected chi connectivity index (χ0v) is 12.1. The Bertz CT molecular complexity index is 336. The van der Waals surface area contributed by atoms with E-state index < -0.39 is 17.4 Å². The van der Waals surface area contributed by atoms with Gasteiger partial charge in [0.15, 0.2) is 0 Å². The number of carboxylic acids is 1. The highest BCUT2D eigenvalue weighted by Gasteiger charge is 2.36. The van der Waals surface area contributed by atoms with Gasteiger partial charge in [0.1, 0.15) is 6.04 Å². The zero-order valence-electron chi connectivity index (χ0n) is 12.1. The van der Waals surface area contributed by atoms with Crippen molar-refractivity contribution < 1.29 is 14.7 Å². The summed E-state index contributed by atoms with van der Waals surface area (Å²) in [5.41, 5.74) is 5.21. The molecule has 0 aromatic heterocycles. The third kappa shape index (κ3) is 4.20. The van der Waals surface area contributed by atoms with Gasteiger partial charge in [-0.1, -0.05) is 33.6 Å². The SMILES string of the molecule is CC(C)(C)[C@@H](NC(=O)C1CCCCC1CN)C(=O)O. The van der Waals surface area contributed by atoms with Crippen molar-refractivity contribution in [1.82, 2.24) is 5.32 Å². The molecule has 5 heteroatoms. The Hall–Kier alpha value is -1.10. The predicted molar refractivity (Wildman–Crippen MR) is 73.5 cm³/mol. The second kappa shape index (κ2) is 6.37. The first-order chi connectivity index (χ1) is 8.77. The van der Waals surface area contributed by atoms with Crippen molar-refractivity contribution in [3.05, 3.63) is 0 Å². The van der Waals surface area contributed by atoms with Crippen LogP contribution in [0.5, 0.6) is 0 Å². The number of carbonyl (C=O) groups is 2. The molecule has 19 heavy (non-hydrogen) atoms. The van der Waals surface area contributed by atoms with Gasteiger partial charge in [0.05, 0.1) is 0 Å². The second-order valence-electron chi connectivity index (χ2n) is 6.53. The summed E-state index contributed by atoms with van der Waals surface area (Å²) in [4.78, 5) is 23.6. The molecule has 1 saturated carbocycles. The van der Waals surface area contributed by atoms with Gasteiger partial charge in [-0.3, -0.25) is 4.79 Å². The Labute approximate surface area is 114 Å². The summed E-state index contributed by atoms with van der Waals surface area (Å²) in [6, 6.07) is -0.861. The smallest absolute Gasteiger partial charge is 0.326 e. The highest BCUT2D eigenvalue weighted by molar-refractivity contribution is 5.85. The Morgan fingerprint density at radius 2 is 1.89 bits per heavy atom. The van der Waals surface area contributed by atoms with Crippen LogP contribution in [0.3, 0.4) is 0 Å². The Kier molecular flexibility index (Phi) is 5.35. The van der Waals surface area contributed by atoms with Gasteiger partial charge < -0.3 is 16.2 Å². The minimum Gasteiger partial charge on any atom is -0.480 e. The molecule has 1 fully saturated rings. The maximum Gasteiger partial charge on any atom is 0.326 e. The molecule has 0 heterocycles. The fourth-order valence-corrected chi connectivity index (χ4v) is 2.73. The molecule has 1 rings (SSSR count). The highest BCUT2D eigenvalue weighted by atomic mass is 16.4. The molecule has 0 spiro atoms. The van der Waals surface area contributed by atoms with E-state index in [1.807, 2.05) is 20.8 Å². The van der Waals surface area contributed by atoms with E-state index in [4.69, 9.17) is 5.73 Å². The highest BCUT2D eigenvalue weighted by Crippen LogP contribution is 2.30. The van der Waals surface area contributed by atoms with E-state index >= 15 is 0 Å². The number of amides is 1. The van der Waals surface area contributed by atoms with Crippen LogP contribution >= 0.6 is 0 Å². The van der Waals surface area contributed by atoms with E-state index in [0.29, 0.717) is 6.54 Å². The first-order valence-corrected chi connectivity index (χ1v) is 7.00. The van der Waals surface area contributed by atoms with Crippen LogP contribution in [0.4, 0.5) is 0 Å². The fraction of sp³-hybridized carbons (Fsp3) is 0.857. The molecule has 1 aliphatic carbocycles. The summed E-state index contributed by atoms with van der Waals surface area (Å²) in [6.07, 6.45) is 3.89. The number of nitrogens with one attached hydrogen (secondary N) is 1. The number of aliphatic carboxylic acids is 1. The fourth-order valence-electron chi connectivity index (χ4n) is 2.73. The van der Waals surface area contributed by atoms with Gasteiger partial charge in [0, 0.05) is 5.92 Å². The van der Waals surface area contributed by atoms with Crippen molar-refractivity contribution in [3.63, 3.8) is 0 Å². The van der Waals surface area contributed by atoms with Crippen molar-refractivity contribution in [2.24, 2.45) is 23.0 Å². The molecular formula is C14H26N2O3. The first kappa shape index (κ1) is 16.0. The first-order valence-electron chi connectivity index (χ1n) is 7.00. The van der Waals surface area contributed by atoms with Crippen molar-refractivity contribution in [1.29, 1.82) is 0 Å². The summed E-state index contributed by atoms with van der Waals surface area (Å²) >= 11 is 0. The molecule has 1 amide bonds. The minimum absolute atomic E-state index is 0.136. The van der Waals surface area contributed by atoms with Gasteiger partial charge in [-0.25, -0.2) is 4.79 Å². The molecule has 0 radical (unpaired) electrons. The standard InChI is InChI=1S/C14H26N2O3/c1-14(2,3)11(13(18)19)16-12(17)10-7-5-4-6-9(10)8-15/h9-11H,4-8,15H2,1-3H3,(H,16,17)(H,18,19)/t9?,10?,11-/m0/s1. The normalized spacial score (nSPS) is 25.7. The van der Waals surface area contributed by atoms with E-state index in [1.165, 1.54) is 0 Å². The van der Waals surface area contributed by atoms with Crippen molar-refractivity contribution >= 4 is 11.9 Å². The largest absolute Gasteiger partial charge is 0.480 e. The molecule has 5 nitrogen and oxygen atoms in total. The van der Waals surface area contributed by atoms with Crippen LogP contribution in [0.1, 0.15) is 46.5 Å². The lowest BCUT2D eigenvalue weighted by molar-refractivity contribution is -0.146. The molecule has 0 aromatic rings. The van der Waals surface area contributed by atoms with Gasteiger partial charge in [0.2, 0.25) is 5.91 Å². The van der Waals surface area contributed by atoms with E-state index in [9.17, 15) is 14.7 Å². The molecule has 1 aliphatic rings. The number of hydrogen-bond donors (Lipinski definition) is 3. The second-order valence-corrected chi connectivity index (χ2v) is 6.53. The molecule has 0 bridgehead atoms. The van der Waals surface area contributed by atoms with E-state index in [2.05, 4.69) is 5.32 Å². The van der Waals surface area contributed by atoms with Gasteiger partial charge in [-0.05, 0) is 30.7 Å². The lowest BCUT2D eigenvalue weighted by atomic mass is 9.78. The Morgan fingerprint density at radius 1 is 1.32 bits per heavy atom. The van der Waals surface area contributed by atoms with Crippen molar-refractivity contribution in [2.45, 2.75) is 52.5 Å². The van der Waals surface area contributed by atoms with Gasteiger partial charge in [-0.15, -0.1) is 0 Å². The van der Waals surface area contributed by atoms with Crippen LogP contribution in [-0.2, 0) is 9.59 Å². The Morgan fingerprint density at radius 3 is 2.37 bits per heavy atom. The summed E-state index contributed by atoms with van der Waals surface area (Å²) in [5.74, 6) is -1.09. The van der Waals surface area contributed by atoms with Crippen LogP contribution in [0.25, 0.3) is 0 Å². The van der Waals surface area contributed by atoms with Crippen LogP contribution in [0.15, 0.2) is 0 Å². The number of carbonyl (C=O) groups excluding carboxylic acids is 1. The summed E-state index contributed by atoms with van der Waals surface area (Å²) < 4.78 is 0. The lowest BCUT2D eigenvalue weighted by Crippen LogP contribution is -2.52. The van der Waals surface area contributed by atoms with E-state index in [0.717, 1.165) is 25.7 Å². The van der Waals surface area contributed by atoms with Crippen LogP contribution in [0, 0.1) is 17.3 Å². The third-order valence-electron chi connectivity index (χ3n) is 3.95. The maximum atomic E-state index is 12.3. The molecule has 4 N–H and O–H groups in total. The van der Waals surface area contributed by atoms with Gasteiger partial charge in [0.25, 0.3) is 0 Å². The monoisotopic (exact) mass is 270 g/mol. The van der Waals surface area contributed by atoms with Crippen LogP contribution in [-0.4, -0.2) is 29.6 Å². The molecule has 3 atom stereocenters. The topological polar surface area (TPSA) is 92.4 Å². The molecule has 0 saturated heterocycles. The molecule has 0 aliphatic heterocycles. The van der Waals surface area contributed by atoms with Crippen LogP contribution in [0.2, 0.25) is 0 Å². The Balaban J connectivity index is 2.73. The summed E-state index contributed by atoms with van der Waals surface area (Å²) in [6.45, 7) is 5.93. The van der Waals surface area contributed by atoms with Crippen LogP contribution < -0.4 is 11.1 Å². The summed E-state index contributed by atoms with van der Waals surface area (Å²) in [7, 11) is 0. The minimum atomic E-state index is -0.985. The number of carboxylic acid groups (broad SMARTS) is 1. The van der Waals surface area contributed by atoms with Crippen molar-refractivity contribution in [2.75, 3.05) is 6.54 Å². The number of hydrogen-bond acceptors (Lipinski definition) is 3. The molecule has 110 valence electrons. The van der Waals surface area contributed by atoms with Gasteiger partial charge >= 0.3 is 5.97 Å². The van der Waals surface area contributed by atoms with E-state index in [-0.39, 0.29) is 17.7 Å². The van der Waals surface area contributed by atoms with Crippen molar-refractivity contribution in [3.8, 4) is 0 Å². The predicted octanol–water partition coefficient (Wildman–Crippen LogP) is 1.37. The summed E-state index contributed by atoms with van der Waals surface area (Å²) in [5, 5.41) is 11.9. The van der Waals surface area contributed by atoms with Gasteiger partial charge in [-0.2, -0.15) is 0 Å². The molecule has 0 aromatic carbocycles. The average molecular weight is 270 g/mol. The average Bonchev–Trinajstić information content (AvgIpc) is 2.33. The maximum absolute atomic E-state index is 12.3. The zero-order chi connectivity index (χ0) is 14.6. The molecular weight excluding hydrogens is 244 g/mol. The number of nitrogens with two attached hydrogens (primary N) is 1. The van der Waals surface area contributed by atoms with E-state index in [1.54, 1.807) is 0 Å². The quantitative estimate of drug-likeness (QED) is 0.719. The lowest BCUT2D eigenvalue weighted by Gasteiger charge is -2.33. The molecule has 2 unspecified atom stereocenters.